The lowest BCUT2D eigenvalue weighted by atomic mass is 9.87. The molecule has 0 aliphatic carbocycles. The fourth-order valence-electron chi connectivity index (χ4n) is 3.98. The minimum Gasteiger partial charge on any atom is -0.345 e. The number of H-pyrrole nitrogens is 1. The Morgan fingerprint density at radius 3 is 2.19 bits per heavy atom. The van der Waals surface area contributed by atoms with E-state index in [2.05, 4.69) is 25.3 Å². The van der Waals surface area contributed by atoms with Gasteiger partial charge in [-0.15, -0.1) is 0 Å². The lowest BCUT2D eigenvalue weighted by Crippen LogP contribution is -2.34. The number of nitrogens with one attached hydrogen (secondary N) is 3. The summed E-state index contributed by atoms with van der Waals surface area (Å²) in [5.41, 5.74) is 0.563. The fraction of sp³-hybridized carbons (Fsp3) is 0.241. The highest BCUT2D eigenvalue weighted by Gasteiger charge is 2.32. The van der Waals surface area contributed by atoms with E-state index in [-0.39, 0.29) is 35.6 Å². The molecule has 4 aromatic rings. The van der Waals surface area contributed by atoms with Crippen LogP contribution in [0.25, 0.3) is 0 Å². The van der Waals surface area contributed by atoms with Gasteiger partial charge in [0.25, 0.3) is 5.91 Å². The largest absolute Gasteiger partial charge is 0.438 e. The molecule has 1 aromatic heterocycles. The van der Waals surface area contributed by atoms with E-state index >= 15 is 0 Å². The van der Waals surface area contributed by atoms with E-state index in [0.29, 0.717) is 23.4 Å². The Morgan fingerprint density at radius 2 is 1.62 bits per heavy atom. The number of anilines is 2. The molecule has 0 spiro atoms. The summed E-state index contributed by atoms with van der Waals surface area (Å²) < 4.78 is 58.0. The number of carbonyl (C=O) groups is 2. The van der Waals surface area contributed by atoms with Gasteiger partial charge < -0.3 is 10.6 Å². The molecule has 220 valence electrons. The van der Waals surface area contributed by atoms with E-state index in [1.807, 2.05) is 32.9 Å². The number of aromatic amines is 1. The van der Waals surface area contributed by atoms with Crippen molar-refractivity contribution in [1.29, 1.82) is 0 Å². The third kappa shape index (κ3) is 7.62. The van der Waals surface area contributed by atoms with Crippen molar-refractivity contribution in [3.63, 3.8) is 0 Å². The van der Waals surface area contributed by atoms with Crippen LogP contribution in [-0.2, 0) is 24.7 Å². The van der Waals surface area contributed by atoms with Gasteiger partial charge in [-0.3, -0.25) is 19.2 Å². The van der Waals surface area contributed by atoms with Crippen LogP contribution in [0.3, 0.4) is 0 Å². The number of alkyl halides is 3. The van der Waals surface area contributed by atoms with E-state index in [1.54, 1.807) is 24.3 Å². The molecule has 1 heterocycles. The minimum atomic E-state index is -4.80. The monoisotopic (exact) mass is 585 g/mol. The highest BCUT2D eigenvalue weighted by molar-refractivity contribution is 6.01. The Balaban J connectivity index is 1.56. The van der Waals surface area contributed by atoms with Crippen molar-refractivity contribution in [2.75, 3.05) is 10.2 Å². The molecule has 42 heavy (non-hydrogen) atoms. The van der Waals surface area contributed by atoms with Gasteiger partial charge in [-0.2, -0.15) is 13.2 Å². The summed E-state index contributed by atoms with van der Waals surface area (Å²) in [5.74, 6) is -2.21. The Morgan fingerprint density at radius 1 is 0.952 bits per heavy atom. The summed E-state index contributed by atoms with van der Waals surface area (Å²) in [6.07, 6.45) is -4.80. The topological polar surface area (TPSA) is 120 Å². The predicted molar refractivity (Wildman–Crippen MR) is 146 cm³/mol. The molecule has 3 amide bonds. The van der Waals surface area contributed by atoms with Crippen LogP contribution < -0.4 is 21.3 Å². The summed E-state index contributed by atoms with van der Waals surface area (Å²) in [6, 6.07) is 14.4. The minimum absolute atomic E-state index is 0.0236. The van der Waals surface area contributed by atoms with Gasteiger partial charge in [-0.25, -0.2) is 14.0 Å². The number of halogens is 4. The number of rotatable bonds is 7. The van der Waals surface area contributed by atoms with Gasteiger partial charge in [-0.05, 0) is 59.0 Å². The van der Waals surface area contributed by atoms with Crippen molar-refractivity contribution in [3.8, 4) is 0 Å². The third-order valence-corrected chi connectivity index (χ3v) is 6.22. The average Bonchev–Trinajstić information content (AvgIpc) is 3.34. The van der Waals surface area contributed by atoms with E-state index < -0.39 is 35.3 Å². The maximum absolute atomic E-state index is 14.0. The van der Waals surface area contributed by atoms with Crippen LogP contribution in [-0.4, -0.2) is 22.1 Å². The molecule has 9 nitrogen and oxygen atoms in total. The summed E-state index contributed by atoms with van der Waals surface area (Å²) >= 11 is 0. The Bertz CT molecular complexity index is 1620. The predicted octanol–water partition coefficient (Wildman–Crippen LogP) is 5.99. The second kappa shape index (κ2) is 11.9. The van der Waals surface area contributed by atoms with Crippen molar-refractivity contribution < 1.29 is 31.7 Å². The summed E-state index contributed by atoms with van der Waals surface area (Å²) in [6.45, 7) is 5.98. The van der Waals surface area contributed by atoms with Gasteiger partial charge in [0.2, 0.25) is 0 Å². The summed E-state index contributed by atoms with van der Waals surface area (Å²) in [4.78, 5) is 40.5. The lowest BCUT2D eigenvalue weighted by molar-refractivity contribution is -0.137. The first kappa shape index (κ1) is 30.0. The van der Waals surface area contributed by atoms with E-state index in [9.17, 15) is 31.9 Å². The Labute approximate surface area is 237 Å². The normalized spacial score (nSPS) is 11.7. The second-order valence-electron chi connectivity index (χ2n) is 10.5. The zero-order valence-electron chi connectivity index (χ0n) is 22.8. The van der Waals surface area contributed by atoms with Crippen LogP contribution >= 0.6 is 0 Å². The molecule has 0 aliphatic heterocycles. The Hall–Kier alpha value is -4.94. The van der Waals surface area contributed by atoms with E-state index in [0.717, 1.165) is 11.6 Å². The van der Waals surface area contributed by atoms with Crippen molar-refractivity contribution in [3.05, 3.63) is 111 Å². The maximum Gasteiger partial charge on any atom is 0.438 e. The molecule has 4 rings (SSSR count). The molecule has 13 heteroatoms. The van der Waals surface area contributed by atoms with Crippen LogP contribution in [0.4, 0.5) is 33.7 Å². The number of amides is 3. The Kier molecular flexibility index (Phi) is 8.50. The number of carbonyl (C=O) groups excluding carboxylic acids is 2. The fourth-order valence-corrected chi connectivity index (χ4v) is 3.98. The number of urea groups is 1. The molecule has 0 unspecified atom stereocenters. The highest BCUT2D eigenvalue weighted by atomic mass is 19.4. The maximum atomic E-state index is 14.0. The summed E-state index contributed by atoms with van der Waals surface area (Å²) in [5, 5.41) is 8.41. The van der Waals surface area contributed by atoms with Crippen molar-refractivity contribution in [2.24, 2.45) is 0 Å². The molecule has 0 radical (unpaired) electrons. The van der Waals surface area contributed by atoms with Crippen LogP contribution in [0.5, 0.6) is 0 Å². The first-order valence-electron chi connectivity index (χ1n) is 12.7. The number of hydrogen-bond acceptors (Lipinski definition) is 5. The van der Waals surface area contributed by atoms with Crippen molar-refractivity contribution >= 4 is 23.3 Å². The van der Waals surface area contributed by atoms with Gasteiger partial charge in [0, 0.05) is 16.9 Å². The highest BCUT2D eigenvalue weighted by Crippen LogP contribution is 2.32. The van der Waals surface area contributed by atoms with Crippen LogP contribution in [0, 0.1) is 5.82 Å². The van der Waals surface area contributed by atoms with E-state index in [4.69, 9.17) is 0 Å². The smallest absolute Gasteiger partial charge is 0.345 e. The average molecular weight is 586 g/mol. The molecule has 0 saturated heterocycles. The second-order valence-corrected chi connectivity index (χ2v) is 10.5. The molecular weight excluding hydrogens is 558 g/mol. The van der Waals surface area contributed by atoms with Crippen molar-refractivity contribution in [1.82, 2.24) is 15.5 Å². The van der Waals surface area contributed by atoms with E-state index in [1.165, 1.54) is 17.0 Å². The molecule has 0 fully saturated rings. The standard InChI is InChI=1S/C29H27F4N5O4/c1-28(2,3)19-8-10-23(11-9-19)38(26(40)35-22-13-20(29(31,32)33)12-21(30)14-22)16-17-4-6-18(7-5-17)25(39)34-15-24-36-27(41)42-37-24/h4-14H,15-16H2,1-3H3,(H,34,39)(H,35,40)(H,36,37,41). The molecular formula is C29H27F4N5O4. The SMILES string of the molecule is CC(C)(C)c1ccc(N(Cc2ccc(C(=O)NCc3noc(=O)[nH]3)cc2)C(=O)Nc2cc(F)cc(C(F)(F)F)c2)cc1. The third-order valence-electron chi connectivity index (χ3n) is 6.22. The zero-order valence-corrected chi connectivity index (χ0v) is 22.8. The molecule has 3 N–H and O–H groups in total. The quantitative estimate of drug-likeness (QED) is 0.230. The van der Waals surface area contributed by atoms with Crippen LogP contribution in [0.15, 0.2) is 76.0 Å². The van der Waals surface area contributed by atoms with Gasteiger partial charge >= 0.3 is 18.0 Å². The van der Waals surface area contributed by atoms with Crippen LogP contribution in [0.1, 0.15) is 53.6 Å². The van der Waals surface area contributed by atoms with Crippen molar-refractivity contribution in [2.45, 2.75) is 45.5 Å². The molecule has 3 aromatic carbocycles. The first-order valence-corrected chi connectivity index (χ1v) is 12.7. The molecule has 0 atom stereocenters. The number of aromatic nitrogens is 2. The van der Waals surface area contributed by atoms with Gasteiger partial charge in [0.05, 0.1) is 18.7 Å². The van der Waals surface area contributed by atoms with Crippen LogP contribution in [0.2, 0.25) is 0 Å². The molecule has 0 saturated carbocycles. The molecule has 0 bridgehead atoms. The number of nitrogens with zero attached hydrogens (tertiary/aromatic N) is 2. The lowest BCUT2D eigenvalue weighted by Gasteiger charge is -2.25. The zero-order chi connectivity index (χ0) is 30.7. The first-order chi connectivity index (χ1) is 19.7. The van der Waals surface area contributed by atoms with Gasteiger partial charge in [0.15, 0.2) is 5.82 Å². The number of benzene rings is 3. The van der Waals surface area contributed by atoms with Gasteiger partial charge in [-0.1, -0.05) is 50.2 Å². The molecule has 0 aliphatic rings. The summed E-state index contributed by atoms with van der Waals surface area (Å²) in [7, 11) is 0. The number of hydrogen-bond donors (Lipinski definition) is 3. The van der Waals surface area contributed by atoms with Gasteiger partial charge in [0.1, 0.15) is 5.82 Å².